The number of phenols is 1. The maximum atomic E-state index is 12.7. The van der Waals surface area contributed by atoms with Crippen molar-refractivity contribution >= 4 is 5.78 Å². The highest BCUT2D eigenvalue weighted by Gasteiger charge is 2.17. The van der Waals surface area contributed by atoms with E-state index in [1.54, 1.807) is 30.3 Å². The van der Waals surface area contributed by atoms with Crippen molar-refractivity contribution in [3.8, 4) is 11.5 Å². The lowest BCUT2D eigenvalue weighted by atomic mass is 10.0. The topological polar surface area (TPSA) is 46.5 Å². The van der Waals surface area contributed by atoms with Crippen LogP contribution in [0.3, 0.4) is 0 Å². The molecule has 0 aliphatic heterocycles. The molecule has 0 heterocycles. The summed E-state index contributed by atoms with van der Waals surface area (Å²) in [7, 11) is 0. The van der Waals surface area contributed by atoms with Gasteiger partial charge in [0, 0.05) is 5.56 Å². The van der Waals surface area contributed by atoms with Gasteiger partial charge in [-0.3, -0.25) is 4.79 Å². The minimum absolute atomic E-state index is 0.0221. The first-order valence-corrected chi connectivity index (χ1v) is 10.8. The Kier molecular flexibility index (Phi) is 10.2. The lowest BCUT2D eigenvalue weighted by Crippen LogP contribution is -2.06. The summed E-state index contributed by atoms with van der Waals surface area (Å²) in [6, 6.07) is 14.1. The van der Waals surface area contributed by atoms with Crippen LogP contribution in [0.25, 0.3) is 0 Å². The molecule has 0 aliphatic rings. The summed E-state index contributed by atoms with van der Waals surface area (Å²) in [5, 5.41) is 10.2. The van der Waals surface area contributed by atoms with Gasteiger partial charge in [-0.25, -0.2) is 0 Å². The average molecular weight is 383 g/mol. The van der Waals surface area contributed by atoms with Crippen LogP contribution in [0.4, 0.5) is 0 Å². The van der Waals surface area contributed by atoms with E-state index in [0.29, 0.717) is 23.5 Å². The Morgan fingerprint density at radius 1 is 0.786 bits per heavy atom. The molecule has 28 heavy (non-hydrogen) atoms. The molecular formula is C25H34O3. The van der Waals surface area contributed by atoms with Crippen molar-refractivity contribution in [2.45, 2.75) is 71.1 Å². The molecule has 0 unspecified atom stereocenters. The zero-order valence-corrected chi connectivity index (χ0v) is 17.2. The Balaban J connectivity index is 1.73. The van der Waals surface area contributed by atoms with Crippen molar-refractivity contribution in [2.24, 2.45) is 0 Å². The molecule has 0 aromatic heterocycles. The summed E-state index contributed by atoms with van der Waals surface area (Å²) in [5.41, 5.74) is 1.01. The molecule has 0 atom stereocenters. The fourth-order valence-electron chi connectivity index (χ4n) is 3.36. The molecule has 152 valence electrons. The molecule has 2 aromatic carbocycles. The Morgan fingerprint density at radius 3 is 2.04 bits per heavy atom. The summed E-state index contributed by atoms with van der Waals surface area (Å²) < 4.78 is 5.81. The second-order valence-corrected chi connectivity index (χ2v) is 7.38. The Labute approximate surface area is 169 Å². The van der Waals surface area contributed by atoms with Crippen LogP contribution in [0.15, 0.2) is 48.5 Å². The Bertz CT molecular complexity index is 694. The first kappa shape index (κ1) is 22.0. The molecule has 2 aromatic rings. The smallest absolute Gasteiger partial charge is 0.196 e. The molecule has 0 aliphatic carbocycles. The van der Waals surface area contributed by atoms with Crippen LogP contribution in [0, 0.1) is 0 Å². The van der Waals surface area contributed by atoms with Gasteiger partial charge in [-0.15, -0.1) is 0 Å². The van der Waals surface area contributed by atoms with Crippen molar-refractivity contribution in [2.75, 3.05) is 6.61 Å². The van der Waals surface area contributed by atoms with E-state index in [-0.39, 0.29) is 11.5 Å². The highest BCUT2D eigenvalue weighted by molar-refractivity contribution is 6.11. The highest BCUT2D eigenvalue weighted by Crippen LogP contribution is 2.32. The largest absolute Gasteiger partial charge is 0.504 e. The molecule has 0 amide bonds. The number of phenolic OH excluding ortho intramolecular Hbond substituents is 1. The van der Waals surface area contributed by atoms with Gasteiger partial charge in [-0.2, -0.15) is 0 Å². The lowest BCUT2D eigenvalue weighted by Gasteiger charge is -2.12. The third-order valence-corrected chi connectivity index (χ3v) is 5.02. The minimum atomic E-state index is -0.130. The molecule has 0 radical (unpaired) electrons. The van der Waals surface area contributed by atoms with E-state index in [4.69, 9.17) is 4.74 Å². The van der Waals surface area contributed by atoms with Crippen molar-refractivity contribution in [1.82, 2.24) is 0 Å². The molecule has 0 spiro atoms. The second kappa shape index (κ2) is 13.0. The number of hydrogen-bond donors (Lipinski definition) is 1. The van der Waals surface area contributed by atoms with Gasteiger partial charge >= 0.3 is 0 Å². The average Bonchev–Trinajstić information content (AvgIpc) is 2.73. The van der Waals surface area contributed by atoms with Gasteiger partial charge in [0.25, 0.3) is 0 Å². The normalized spacial score (nSPS) is 10.8. The van der Waals surface area contributed by atoms with Crippen LogP contribution in [-0.4, -0.2) is 17.5 Å². The van der Waals surface area contributed by atoms with Crippen LogP contribution in [-0.2, 0) is 0 Å². The van der Waals surface area contributed by atoms with Gasteiger partial charge < -0.3 is 9.84 Å². The molecule has 0 saturated heterocycles. The van der Waals surface area contributed by atoms with Crippen molar-refractivity contribution in [3.05, 3.63) is 59.7 Å². The molecule has 1 N–H and O–H groups in total. The second-order valence-electron chi connectivity index (χ2n) is 7.38. The summed E-state index contributed by atoms with van der Waals surface area (Å²) in [6.07, 6.45) is 12.6. The number of ketones is 1. The van der Waals surface area contributed by atoms with Crippen molar-refractivity contribution < 1.29 is 14.6 Å². The quantitative estimate of drug-likeness (QED) is 0.285. The zero-order valence-electron chi connectivity index (χ0n) is 17.2. The van der Waals surface area contributed by atoms with E-state index in [1.165, 1.54) is 51.4 Å². The molecule has 0 fully saturated rings. The predicted octanol–water partition coefficient (Wildman–Crippen LogP) is 6.92. The Morgan fingerprint density at radius 2 is 1.39 bits per heavy atom. The Hall–Kier alpha value is -2.29. The number of hydrogen-bond acceptors (Lipinski definition) is 3. The summed E-state index contributed by atoms with van der Waals surface area (Å²) in [6.45, 7) is 2.76. The number of carbonyl (C=O) groups is 1. The van der Waals surface area contributed by atoms with Gasteiger partial charge in [-0.1, -0.05) is 101 Å². The maximum absolute atomic E-state index is 12.7. The minimum Gasteiger partial charge on any atom is -0.504 e. The number of carbonyl (C=O) groups excluding carboxylic acids is 1. The number of rotatable bonds is 14. The molecule has 3 heteroatoms. The number of para-hydroxylation sites is 1. The zero-order chi connectivity index (χ0) is 20.0. The van der Waals surface area contributed by atoms with Crippen LogP contribution in [0.2, 0.25) is 0 Å². The van der Waals surface area contributed by atoms with E-state index in [9.17, 15) is 9.90 Å². The number of aromatic hydroxyl groups is 1. The lowest BCUT2D eigenvalue weighted by molar-refractivity contribution is 0.103. The monoisotopic (exact) mass is 382 g/mol. The SMILES string of the molecule is CCCCCCCCCCCCOc1c(O)cccc1C(=O)c1ccccc1. The van der Waals surface area contributed by atoms with Crippen molar-refractivity contribution in [3.63, 3.8) is 0 Å². The van der Waals surface area contributed by atoms with Crippen LogP contribution in [0.1, 0.15) is 87.1 Å². The third-order valence-electron chi connectivity index (χ3n) is 5.02. The third kappa shape index (κ3) is 7.38. The predicted molar refractivity (Wildman–Crippen MR) is 115 cm³/mol. The number of unbranched alkanes of at least 4 members (excludes halogenated alkanes) is 9. The fraction of sp³-hybridized carbons (Fsp3) is 0.480. The fourth-order valence-corrected chi connectivity index (χ4v) is 3.36. The first-order valence-electron chi connectivity index (χ1n) is 10.8. The van der Waals surface area contributed by atoms with Gasteiger partial charge in [-0.05, 0) is 18.6 Å². The van der Waals surface area contributed by atoms with E-state index in [2.05, 4.69) is 6.92 Å². The van der Waals surface area contributed by atoms with E-state index in [1.807, 2.05) is 18.2 Å². The van der Waals surface area contributed by atoms with Crippen LogP contribution < -0.4 is 4.74 Å². The highest BCUT2D eigenvalue weighted by atomic mass is 16.5. The summed E-state index contributed by atoms with van der Waals surface area (Å²) in [5.74, 6) is 0.190. The van der Waals surface area contributed by atoms with E-state index < -0.39 is 0 Å². The molecule has 3 nitrogen and oxygen atoms in total. The summed E-state index contributed by atoms with van der Waals surface area (Å²) >= 11 is 0. The molecule has 0 bridgehead atoms. The van der Waals surface area contributed by atoms with Crippen LogP contribution >= 0.6 is 0 Å². The molecule has 0 saturated carbocycles. The molecular weight excluding hydrogens is 348 g/mol. The number of benzene rings is 2. The van der Waals surface area contributed by atoms with E-state index in [0.717, 1.165) is 12.8 Å². The summed E-state index contributed by atoms with van der Waals surface area (Å²) in [4.78, 5) is 12.7. The maximum Gasteiger partial charge on any atom is 0.196 e. The van der Waals surface area contributed by atoms with Gasteiger partial charge in [0.2, 0.25) is 0 Å². The van der Waals surface area contributed by atoms with Gasteiger partial charge in [0.1, 0.15) is 0 Å². The van der Waals surface area contributed by atoms with Gasteiger partial charge in [0.05, 0.1) is 12.2 Å². The van der Waals surface area contributed by atoms with E-state index >= 15 is 0 Å². The number of ether oxygens (including phenoxy) is 1. The van der Waals surface area contributed by atoms with Crippen molar-refractivity contribution in [1.29, 1.82) is 0 Å². The van der Waals surface area contributed by atoms with Crippen LogP contribution in [0.5, 0.6) is 11.5 Å². The van der Waals surface area contributed by atoms with Gasteiger partial charge in [0.15, 0.2) is 17.3 Å². The first-order chi connectivity index (χ1) is 13.7. The molecule has 2 rings (SSSR count). The standard InChI is InChI=1S/C25H34O3/c1-2-3-4-5-6-7-8-9-10-14-20-28-25-22(18-15-19-23(25)26)24(27)21-16-12-11-13-17-21/h11-13,15-19,26H,2-10,14,20H2,1H3.